The lowest BCUT2D eigenvalue weighted by atomic mass is 10.2. The number of benzene rings is 1. The molecule has 134 valence electrons. The van der Waals surface area contributed by atoms with Crippen LogP contribution in [0.25, 0.3) is 5.69 Å². The summed E-state index contributed by atoms with van der Waals surface area (Å²) in [5.74, 6) is 1.24. The molecular formula is C16H22N6O3. The van der Waals surface area contributed by atoms with E-state index in [2.05, 4.69) is 20.8 Å². The van der Waals surface area contributed by atoms with E-state index >= 15 is 0 Å². The zero-order valence-corrected chi connectivity index (χ0v) is 14.8. The second-order valence-electron chi connectivity index (χ2n) is 6.12. The Morgan fingerprint density at radius 3 is 2.64 bits per heavy atom. The molecule has 0 bridgehead atoms. The standard InChI is InChI=1S/C16H22N6O3/c1-10-8-21(9-11(2)25-10)16(23)17-13-5-6-15(24-4)14(7-13)22-12(3)18-19-20-22/h5-7,10-11H,8-9H2,1-4H3,(H,17,23)/t10-,11+. The van der Waals surface area contributed by atoms with Crippen LogP contribution < -0.4 is 10.1 Å². The van der Waals surface area contributed by atoms with Crippen LogP contribution in [0.1, 0.15) is 19.7 Å². The Kier molecular flexibility index (Phi) is 4.84. The third-order valence-corrected chi connectivity index (χ3v) is 3.99. The second kappa shape index (κ2) is 7.06. The number of ether oxygens (including phenoxy) is 2. The van der Waals surface area contributed by atoms with Gasteiger partial charge in [0.2, 0.25) is 0 Å². The van der Waals surface area contributed by atoms with E-state index in [0.717, 1.165) is 0 Å². The lowest BCUT2D eigenvalue weighted by Gasteiger charge is -2.35. The highest BCUT2D eigenvalue weighted by Crippen LogP contribution is 2.26. The summed E-state index contributed by atoms with van der Waals surface area (Å²) < 4.78 is 12.6. The van der Waals surface area contributed by atoms with Crippen molar-refractivity contribution < 1.29 is 14.3 Å². The fraction of sp³-hybridized carbons (Fsp3) is 0.500. The third kappa shape index (κ3) is 3.71. The smallest absolute Gasteiger partial charge is 0.322 e. The summed E-state index contributed by atoms with van der Waals surface area (Å²) in [5, 5.41) is 14.4. The first-order valence-electron chi connectivity index (χ1n) is 8.12. The van der Waals surface area contributed by atoms with E-state index in [1.54, 1.807) is 41.8 Å². The minimum Gasteiger partial charge on any atom is -0.494 e. The van der Waals surface area contributed by atoms with Crippen LogP contribution in [-0.4, -0.2) is 63.5 Å². The first-order valence-corrected chi connectivity index (χ1v) is 8.12. The van der Waals surface area contributed by atoms with Crippen LogP contribution in [0, 0.1) is 6.92 Å². The van der Waals surface area contributed by atoms with Crippen LogP contribution >= 0.6 is 0 Å². The van der Waals surface area contributed by atoms with Crippen LogP contribution in [0.3, 0.4) is 0 Å². The third-order valence-electron chi connectivity index (χ3n) is 3.99. The molecule has 1 aliphatic rings. The molecule has 1 fully saturated rings. The molecule has 9 nitrogen and oxygen atoms in total. The van der Waals surface area contributed by atoms with Gasteiger partial charge in [-0.2, -0.15) is 4.68 Å². The minimum atomic E-state index is -0.161. The Morgan fingerprint density at radius 1 is 1.32 bits per heavy atom. The van der Waals surface area contributed by atoms with Gasteiger partial charge in [0.05, 0.1) is 19.3 Å². The molecule has 0 aliphatic carbocycles. The summed E-state index contributed by atoms with van der Waals surface area (Å²) in [5.41, 5.74) is 1.30. The second-order valence-corrected chi connectivity index (χ2v) is 6.12. The van der Waals surface area contributed by atoms with Crippen molar-refractivity contribution in [2.45, 2.75) is 33.0 Å². The first kappa shape index (κ1) is 17.2. The number of tetrazole rings is 1. The Bertz CT molecular complexity index is 752. The number of carbonyl (C=O) groups excluding carboxylic acids is 1. The average molecular weight is 346 g/mol. The number of amides is 2. The van der Waals surface area contributed by atoms with E-state index in [-0.39, 0.29) is 18.2 Å². The largest absolute Gasteiger partial charge is 0.494 e. The quantitative estimate of drug-likeness (QED) is 0.907. The molecular weight excluding hydrogens is 324 g/mol. The molecule has 1 saturated heterocycles. The zero-order valence-electron chi connectivity index (χ0n) is 14.8. The van der Waals surface area contributed by atoms with E-state index in [4.69, 9.17) is 9.47 Å². The number of hydrogen-bond acceptors (Lipinski definition) is 6. The van der Waals surface area contributed by atoms with Crippen molar-refractivity contribution in [1.82, 2.24) is 25.1 Å². The maximum atomic E-state index is 12.6. The van der Waals surface area contributed by atoms with Crippen molar-refractivity contribution in [3.63, 3.8) is 0 Å². The van der Waals surface area contributed by atoms with Gasteiger partial charge in [-0.15, -0.1) is 5.10 Å². The Balaban J connectivity index is 1.81. The number of morpholine rings is 1. The fourth-order valence-corrected chi connectivity index (χ4v) is 2.93. The molecule has 2 amide bonds. The Labute approximate surface area is 145 Å². The van der Waals surface area contributed by atoms with Crippen LogP contribution in [-0.2, 0) is 4.74 Å². The van der Waals surface area contributed by atoms with Gasteiger partial charge in [0, 0.05) is 18.8 Å². The summed E-state index contributed by atoms with van der Waals surface area (Å²) >= 11 is 0. The van der Waals surface area contributed by atoms with Crippen molar-refractivity contribution in [2.75, 3.05) is 25.5 Å². The molecule has 2 aromatic rings. The van der Waals surface area contributed by atoms with Gasteiger partial charge < -0.3 is 19.7 Å². The van der Waals surface area contributed by atoms with E-state index in [0.29, 0.717) is 36.0 Å². The maximum absolute atomic E-state index is 12.6. The molecule has 1 aliphatic heterocycles. The molecule has 1 aromatic carbocycles. The van der Waals surface area contributed by atoms with E-state index in [9.17, 15) is 4.79 Å². The van der Waals surface area contributed by atoms with Gasteiger partial charge in [-0.3, -0.25) is 0 Å². The van der Waals surface area contributed by atoms with E-state index < -0.39 is 0 Å². The first-order chi connectivity index (χ1) is 12.0. The molecule has 9 heteroatoms. The molecule has 2 heterocycles. The fourth-order valence-electron chi connectivity index (χ4n) is 2.93. The topological polar surface area (TPSA) is 94.4 Å². The van der Waals surface area contributed by atoms with Gasteiger partial charge in [-0.1, -0.05) is 0 Å². The number of aromatic nitrogens is 4. The van der Waals surface area contributed by atoms with Crippen LogP contribution in [0.15, 0.2) is 18.2 Å². The summed E-state index contributed by atoms with van der Waals surface area (Å²) in [6.45, 7) is 6.83. The molecule has 25 heavy (non-hydrogen) atoms. The molecule has 1 aromatic heterocycles. The van der Waals surface area contributed by atoms with Gasteiger partial charge in [-0.25, -0.2) is 4.79 Å². The van der Waals surface area contributed by atoms with Gasteiger partial charge in [0.15, 0.2) is 5.82 Å². The number of aryl methyl sites for hydroxylation is 1. The zero-order chi connectivity index (χ0) is 18.0. The number of anilines is 1. The molecule has 0 spiro atoms. The highest BCUT2D eigenvalue weighted by molar-refractivity contribution is 5.90. The van der Waals surface area contributed by atoms with E-state index in [1.807, 2.05) is 13.8 Å². The van der Waals surface area contributed by atoms with Crippen LogP contribution in [0.5, 0.6) is 5.75 Å². The average Bonchev–Trinajstić information content (AvgIpc) is 2.99. The van der Waals surface area contributed by atoms with Gasteiger partial charge in [0.1, 0.15) is 11.4 Å². The van der Waals surface area contributed by atoms with Crippen molar-refractivity contribution in [3.05, 3.63) is 24.0 Å². The SMILES string of the molecule is COc1ccc(NC(=O)N2C[C@@H](C)O[C@@H](C)C2)cc1-n1nnnc1C. The number of nitrogens with one attached hydrogen (secondary N) is 1. The number of methoxy groups -OCH3 is 1. The van der Waals surface area contributed by atoms with Gasteiger partial charge in [0.25, 0.3) is 0 Å². The van der Waals surface area contributed by atoms with Crippen molar-refractivity contribution in [3.8, 4) is 11.4 Å². The van der Waals surface area contributed by atoms with Gasteiger partial charge >= 0.3 is 6.03 Å². The number of hydrogen-bond donors (Lipinski definition) is 1. The number of urea groups is 1. The molecule has 0 saturated carbocycles. The highest BCUT2D eigenvalue weighted by Gasteiger charge is 2.26. The Hall–Kier alpha value is -2.68. The molecule has 1 N–H and O–H groups in total. The predicted molar refractivity (Wildman–Crippen MR) is 91.0 cm³/mol. The highest BCUT2D eigenvalue weighted by atomic mass is 16.5. The van der Waals surface area contributed by atoms with Crippen molar-refractivity contribution >= 4 is 11.7 Å². The Morgan fingerprint density at radius 2 is 2.04 bits per heavy atom. The lowest BCUT2D eigenvalue weighted by molar-refractivity contribution is -0.0530. The number of carbonyl (C=O) groups is 1. The maximum Gasteiger partial charge on any atom is 0.322 e. The van der Waals surface area contributed by atoms with Gasteiger partial charge in [-0.05, 0) is 49.4 Å². The number of rotatable bonds is 3. The molecule has 2 atom stereocenters. The monoisotopic (exact) mass is 346 g/mol. The van der Waals surface area contributed by atoms with Crippen molar-refractivity contribution in [2.24, 2.45) is 0 Å². The number of nitrogens with zero attached hydrogens (tertiary/aromatic N) is 5. The summed E-state index contributed by atoms with van der Waals surface area (Å²) in [6, 6.07) is 5.18. The van der Waals surface area contributed by atoms with E-state index in [1.165, 1.54) is 0 Å². The normalized spacial score (nSPS) is 20.4. The molecule has 0 unspecified atom stereocenters. The van der Waals surface area contributed by atoms with Crippen molar-refractivity contribution in [1.29, 1.82) is 0 Å². The summed E-state index contributed by atoms with van der Waals surface area (Å²) in [6.07, 6.45) is 0.0367. The predicted octanol–water partition coefficient (Wildman–Crippen LogP) is 1.62. The molecule has 0 radical (unpaired) electrons. The van der Waals surface area contributed by atoms with Crippen LogP contribution in [0.4, 0.5) is 10.5 Å². The molecule has 3 rings (SSSR count). The minimum absolute atomic E-state index is 0.0183. The van der Waals surface area contributed by atoms with Crippen LogP contribution in [0.2, 0.25) is 0 Å². The summed E-state index contributed by atoms with van der Waals surface area (Å²) in [4.78, 5) is 14.3. The lowest BCUT2D eigenvalue weighted by Crippen LogP contribution is -2.49. The summed E-state index contributed by atoms with van der Waals surface area (Å²) in [7, 11) is 1.58.